The SMILES string of the molecule is CCCCc1cc(O)c2c(c1)COC2=O. The molecule has 1 heterocycles. The van der Waals surface area contributed by atoms with Crippen LogP contribution in [-0.4, -0.2) is 11.1 Å². The van der Waals surface area contributed by atoms with Gasteiger partial charge in [0.1, 0.15) is 17.9 Å². The Labute approximate surface area is 88.7 Å². The zero-order chi connectivity index (χ0) is 10.8. The minimum atomic E-state index is -0.412. The second kappa shape index (κ2) is 3.93. The van der Waals surface area contributed by atoms with Crippen LogP contribution in [0.2, 0.25) is 0 Å². The summed E-state index contributed by atoms with van der Waals surface area (Å²) in [5, 5.41) is 9.68. The quantitative estimate of drug-likeness (QED) is 0.772. The van der Waals surface area contributed by atoms with Crippen LogP contribution in [-0.2, 0) is 17.8 Å². The number of carbonyl (C=O) groups is 1. The van der Waals surface area contributed by atoms with E-state index in [0.29, 0.717) is 12.2 Å². The van der Waals surface area contributed by atoms with Gasteiger partial charge in [0.15, 0.2) is 0 Å². The van der Waals surface area contributed by atoms with Crippen molar-refractivity contribution in [3.63, 3.8) is 0 Å². The Morgan fingerprint density at radius 3 is 3.00 bits per heavy atom. The molecule has 15 heavy (non-hydrogen) atoms. The molecule has 1 aliphatic heterocycles. The lowest BCUT2D eigenvalue weighted by atomic mass is 10.0. The molecule has 1 N–H and O–H groups in total. The molecule has 0 saturated carbocycles. The van der Waals surface area contributed by atoms with Gasteiger partial charge in [0.2, 0.25) is 0 Å². The molecule has 0 radical (unpaired) electrons. The van der Waals surface area contributed by atoms with Crippen molar-refractivity contribution in [2.75, 3.05) is 0 Å². The van der Waals surface area contributed by atoms with Crippen LogP contribution in [0.4, 0.5) is 0 Å². The fourth-order valence-corrected chi connectivity index (χ4v) is 1.84. The number of phenols is 1. The van der Waals surface area contributed by atoms with Crippen LogP contribution >= 0.6 is 0 Å². The molecule has 1 aromatic carbocycles. The van der Waals surface area contributed by atoms with Crippen molar-refractivity contribution in [2.45, 2.75) is 32.8 Å². The Balaban J connectivity index is 2.31. The molecule has 3 nitrogen and oxygen atoms in total. The van der Waals surface area contributed by atoms with Crippen molar-refractivity contribution < 1.29 is 14.6 Å². The Kier molecular flexibility index (Phi) is 2.62. The molecule has 3 heteroatoms. The summed E-state index contributed by atoms with van der Waals surface area (Å²) in [5.41, 5.74) is 2.23. The molecule has 80 valence electrons. The van der Waals surface area contributed by atoms with Crippen LogP contribution in [0.25, 0.3) is 0 Å². The van der Waals surface area contributed by atoms with Crippen molar-refractivity contribution in [1.29, 1.82) is 0 Å². The summed E-state index contributed by atoms with van der Waals surface area (Å²) in [7, 11) is 0. The molecule has 0 bridgehead atoms. The van der Waals surface area contributed by atoms with E-state index >= 15 is 0 Å². The molecule has 0 aromatic heterocycles. The predicted octanol–water partition coefficient (Wildman–Crippen LogP) is 2.41. The zero-order valence-electron chi connectivity index (χ0n) is 8.75. The number of aromatic hydroxyl groups is 1. The molecule has 0 unspecified atom stereocenters. The van der Waals surface area contributed by atoms with Gasteiger partial charge < -0.3 is 9.84 Å². The number of unbranched alkanes of at least 4 members (excludes halogenated alkanes) is 1. The topological polar surface area (TPSA) is 46.5 Å². The fraction of sp³-hybridized carbons (Fsp3) is 0.417. The van der Waals surface area contributed by atoms with Crippen molar-refractivity contribution in [3.8, 4) is 5.75 Å². The maximum absolute atomic E-state index is 11.2. The number of esters is 1. The van der Waals surface area contributed by atoms with E-state index in [9.17, 15) is 9.90 Å². The largest absolute Gasteiger partial charge is 0.507 e. The van der Waals surface area contributed by atoms with Crippen LogP contribution in [0.15, 0.2) is 12.1 Å². The van der Waals surface area contributed by atoms with Crippen molar-refractivity contribution >= 4 is 5.97 Å². The third kappa shape index (κ3) is 1.82. The van der Waals surface area contributed by atoms with E-state index in [1.54, 1.807) is 6.07 Å². The van der Waals surface area contributed by atoms with E-state index in [1.807, 2.05) is 6.07 Å². The summed E-state index contributed by atoms with van der Waals surface area (Å²) in [6.07, 6.45) is 3.14. The smallest absolute Gasteiger partial charge is 0.342 e. The summed E-state index contributed by atoms with van der Waals surface area (Å²) in [6.45, 7) is 2.42. The molecular formula is C12H14O3. The number of phenolic OH excluding ortho intramolecular Hbond substituents is 1. The van der Waals surface area contributed by atoms with E-state index in [0.717, 1.165) is 30.4 Å². The first-order chi connectivity index (χ1) is 7.22. The lowest BCUT2D eigenvalue weighted by Gasteiger charge is -2.04. The minimum absolute atomic E-state index is 0.0566. The summed E-state index contributed by atoms with van der Waals surface area (Å²) in [4.78, 5) is 11.2. The highest BCUT2D eigenvalue weighted by Crippen LogP contribution is 2.30. The fourth-order valence-electron chi connectivity index (χ4n) is 1.84. The highest BCUT2D eigenvalue weighted by Gasteiger charge is 2.25. The average Bonchev–Trinajstić information content (AvgIpc) is 2.58. The van der Waals surface area contributed by atoms with Gasteiger partial charge in [-0.1, -0.05) is 19.4 Å². The summed E-state index contributed by atoms with van der Waals surface area (Å²) < 4.78 is 4.86. The molecule has 0 saturated heterocycles. The first-order valence-electron chi connectivity index (χ1n) is 5.24. The van der Waals surface area contributed by atoms with Gasteiger partial charge in [-0.15, -0.1) is 0 Å². The van der Waals surface area contributed by atoms with Gasteiger partial charge in [-0.2, -0.15) is 0 Å². The van der Waals surface area contributed by atoms with Gasteiger partial charge in [-0.3, -0.25) is 0 Å². The van der Waals surface area contributed by atoms with Crippen molar-refractivity contribution in [2.24, 2.45) is 0 Å². The minimum Gasteiger partial charge on any atom is -0.507 e. The van der Waals surface area contributed by atoms with Gasteiger partial charge >= 0.3 is 5.97 Å². The summed E-state index contributed by atoms with van der Waals surface area (Å²) in [6, 6.07) is 3.62. The predicted molar refractivity (Wildman–Crippen MR) is 55.8 cm³/mol. The number of fused-ring (bicyclic) bond motifs is 1. The molecule has 0 aliphatic carbocycles. The summed E-state index contributed by atoms with van der Waals surface area (Å²) >= 11 is 0. The van der Waals surface area contributed by atoms with Crippen LogP contribution in [0.5, 0.6) is 5.75 Å². The molecule has 0 atom stereocenters. The van der Waals surface area contributed by atoms with Crippen LogP contribution in [0.3, 0.4) is 0 Å². The number of hydrogen-bond donors (Lipinski definition) is 1. The van der Waals surface area contributed by atoms with Crippen LogP contribution in [0, 0.1) is 0 Å². The average molecular weight is 206 g/mol. The van der Waals surface area contributed by atoms with E-state index in [4.69, 9.17) is 4.74 Å². The lowest BCUT2D eigenvalue weighted by Crippen LogP contribution is -1.95. The highest BCUT2D eigenvalue weighted by atomic mass is 16.5. The molecule has 1 aliphatic rings. The Morgan fingerprint density at radius 1 is 1.47 bits per heavy atom. The van der Waals surface area contributed by atoms with Gasteiger partial charge in [0, 0.05) is 5.56 Å². The monoisotopic (exact) mass is 206 g/mol. The second-order valence-electron chi connectivity index (χ2n) is 3.83. The standard InChI is InChI=1S/C12H14O3/c1-2-3-4-8-5-9-7-15-12(14)11(9)10(13)6-8/h5-6,13H,2-4,7H2,1H3. The number of ether oxygens (including phenoxy) is 1. The number of aryl methyl sites for hydroxylation is 1. The van der Waals surface area contributed by atoms with Gasteiger partial charge in [0.05, 0.1) is 0 Å². The Morgan fingerprint density at radius 2 is 2.27 bits per heavy atom. The third-order valence-electron chi connectivity index (χ3n) is 2.64. The summed E-state index contributed by atoms with van der Waals surface area (Å²) in [5.74, 6) is -0.356. The van der Waals surface area contributed by atoms with Crippen molar-refractivity contribution in [3.05, 3.63) is 28.8 Å². The van der Waals surface area contributed by atoms with Gasteiger partial charge in [-0.05, 0) is 24.5 Å². The maximum atomic E-state index is 11.2. The van der Waals surface area contributed by atoms with Crippen LogP contribution in [0.1, 0.15) is 41.3 Å². The molecular weight excluding hydrogens is 192 g/mol. The van der Waals surface area contributed by atoms with E-state index in [1.165, 1.54) is 0 Å². The molecule has 0 amide bonds. The lowest BCUT2D eigenvalue weighted by molar-refractivity contribution is 0.0533. The van der Waals surface area contributed by atoms with E-state index < -0.39 is 5.97 Å². The highest BCUT2D eigenvalue weighted by molar-refractivity contribution is 5.96. The van der Waals surface area contributed by atoms with Gasteiger partial charge in [0.25, 0.3) is 0 Å². The molecule has 1 aromatic rings. The Hall–Kier alpha value is -1.51. The maximum Gasteiger partial charge on any atom is 0.342 e. The van der Waals surface area contributed by atoms with Crippen molar-refractivity contribution in [1.82, 2.24) is 0 Å². The third-order valence-corrected chi connectivity index (χ3v) is 2.64. The number of cyclic esters (lactones) is 1. The number of rotatable bonds is 3. The van der Waals surface area contributed by atoms with E-state index in [-0.39, 0.29) is 5.75 Å². The number of benzene rings is 1. The normalized spacial score (nSPS) is 13.8. The first-order valence-corrected chi connectivity index (χ1v) is 5.24. The second-order valence-corrected chi connectivity index (χ2v) is 3.83. The molecule has 2 rings (SSSR count). The number of hydrogen-bond acceptors (Lipinski definition) is 3. The van der Waals surface area contributed by atoms with Crippen LogP contribution < -0.4 is 0 Å². The Bertz CT molecular complexity index is 396. The van der Waals surface area contributed by atoms with Gasteiger partial charge in [-0.25, -0.2) is 4.79 Å². The first kappa shape index (κ1) is 10.0. The molecule has 0 fully saturated rings. The molecule has 0 spiro atoms. The number of carbonyl (C=O) groups excluding carboxylic acids is 1. The van der Waals surface area contributed by atoms with E-state index in [2.05, 4.69) is 6.92 Å². The zero-order valence-corrected chi connectivity index (χ0v) is 8.75.